The van der Waals surface area contributed by atoms with Gasteiger partial charge in [-0.3, -0.25) is 0 Å². The van der Waals surface area contributed by atoms with E-state index in [1.54, 1.807) is 0 Å². The first-order valence-corrected chi connectivity index (χ1v) is 4.35. The Hall–Kier alpha value is -0.0400. The first-order valence-electron chi connectivity index (χ1n) is 4.35. The van der Waals surface area contributed by atoms with Crippen molar-refractivity contribution in [3.8, 4) is 0 Å². The zero-order chi connectivity index (χ0) is 8.57. The summed E-state index contributed by atoms with van der Waals surface area (Å²) in [5, 5.41) is 0. The average molecular weight is 145 g/mol. The molecule has 1 heteroatoms. The Kier molecular flexibility index (Phi) is 11.3. The van der Waals surface area contributed by atoms with E-state index in [-0.39, 0.29) is 0 Å². The van der Waals surface area contributed by atoms with Crippen LogP contribution in [0.4, 0.5) is 0 Å². The monoisotopic (exact) mass is 145 g/mol. The molecule has 1 nitrogen and oxygen atoms in total. The highest BCUT2D eigenvalue weighted by Crippen LogP contribution is 1.93. The summed E-state index contributed by atoms with van der Waals surface area (Å²) in [5.41, 5.74) is 0. The van der Waals surface area contributed by atoms with Gasteiger partial charge in [0.2, 0.25) is 0 Å². The molecule has 64 valence electrons. The van der Waals surface area contributed by atoms with Crippen LogP contribution in [0.1, 0.15) is 34.6 Å². The number of nitrogens with zero attached hydrogens (tertiary/aromatic N) is 1. The molecule has 0 rings (SSSR count). The summed E-state index contributed by atoms with van der Waals surface area (Å²) in [6.07, 6.45) is 0. The van der Waals surface area contributed by atoms with Crippen LogP contribution >= 0.6 is 0 Å². The lowest BCUT2D eigenvalue weighted by atomic mass is 10.2. The van der Waals surface area contributed by atoms with E-state index in [0.717, 1.165) is 12.5 Å². The van der Waals surface area contributed by atoms with E-state index in [4.69, 9.17) is 0 Å². The molecule has 0 fully saturated rings. The van der Waals surface area contributed by atoms with Gasteiger partial charge in [-0.15, -0.1) is 0 Å². The third-order valence-electron chi connectivity index (χ3n) is 1.22. The average Bonchev–Trinajstić information content (AvgIpc) is 1.91. The standard InChI is InChI=1S/C7H17N.C2H6/c1-5-8(4)6-7(2)3;1-2/h7H,5-6H2,1-4H3;1-2H3. The SMILES string of the molecule is CC.CCN(C)CC(C)C. The maximum atomic E-state index is 2.32. The molecule has 0 amide bonds. The van der Waals surface area contributed by atoms with Gasteiger partial charge in [-0.25, -0.2) is 0 Å². The van der Waals surface area contributed by atoms with E-state index >= 15 is 0 Å². The Morgan fingerprint density at radius 1 is 1.20 bits per heavy atom. The van der Waals surface area contributed by atoms with Gasteiger partial charge in [0.1, 0.15) is 0 Å². The van der Waals surface area contributed by atoms with Gasteiger partial charge in [0.15, 0.2) is 0 Å². The highest BCUT2D eigenvalue weighted by Gasteiger charge is 1.95. The Balaban J connectivity index is 0. The predicted molar refractivity (Wildman–Crippen MR) is 49.4 cm³/mol. The molecule has 0 unspecified atom stereocenters. The lowest BCUT2D eigenvalue weighted by molar-refractivity contribution is 0.310. The molecule has 0 aromatic carbocycles. The van der Waals surface area contributed by atoms with Crippen molar-refractivity contribution >= 4 is 0 Å². The van der Waals surface area contributed by atoms with Crippen molar-refractivity contribution < 1.29 is 0 Å². The number of hydrogen-bond donors (Lipinski definition) is 0. The summed E-state index contributed by atoms with van der Waals surface area (Å²) in [4.78, 5) is 2.32. The minimum absolute atomic E-state index is 0.806. The van der Waals surface area contributed by atoms with Crippen LogP contribution in [0, 0.1) is 5.92 Å². The fraction of sp³-hybridized carbons (Fsp3) is 1.00. The van der Waals surface area contributed by atoms with E-state index < -0.39 is 0 Å². The Morgan fingerprint density at radius 3 is 1.70 bits per heavy atom. The highest BCUT2D eigenvalue weighted by atomic mass is 15.1. The third kappa shape index (κ3) is 10.9. The van der Waals surface area contributed by atoms with Crippen LogP contribution in [0.15, 0.2) is 0 Å². The minimum atomic E-state index is 0.806. The first kappa shape index (κ1) is 12.6. The van der Waals surface area contributed by atoms with Crippen LogP contribution in [-0.4, -0.2) is 25.0 Å². The van der Waals surface area contributed by atoms with Gasteiger partial charge in [-0.1, -0.05) is 34.6 Å². The zero-order valence-electron chi connectivity index (χ0n) is 8.44. The van der Waals surface area contributed by atoms with Crippen molar-refractivity contribution in [2.75, 3.05) is 20.1 Å². The highest BCUT2D eigenvalue weighted by molar-refractivity contribution is 4.50. The fourth-order valence-corrected chi connectivity index (χ4v) is 0.752. The first-order chi connectivity index (χ1) is 4.66. The molecule has 0 N–H and O–H groups in total. The van der Waals surface area contributed by atoms with Gasteiger partial charge in [0, 0.05) is 6.54 Å². The van der Waals surface area contributed by atoms with Crippen LogP contribution < -0.4 is 0 Å². The van der Waals surface area contributed by atoms with Crippen molar-refractivity contribution in [2.24, 2.45) is 5.92 Å². The Morgan fingerprint density at radius 2 is 1.60 bits per heavy atom. The molecule has 0 aliphatic carbocycles. The molecular formula is C9H23N. The van der Waals surface area contributed by atoms with E-state index in [1.807, 2.05) is 13.8 Å². The topological polar surface area (TPSA) is 3.24 Å². The lowest BCUT2D eigenvalue weighted by Gasteiger charge is -2.15. The molecule has 0 radical (unpaired) electrons. The van der Waals surface area contributed by atoms with Crippen molar-refractivity contribution in [2.45, 2.75) is 34.6 Å². The molecule has 0 spiro atoms. The molecule has 0 saturated carbocycles. The lowest BCUT2D eigenvalue weighted by Crippen LogP contribution is -2.22. The largest absolute Gasteiger partial charge is 0.306 e. The fourth-order valence-electron chi connectivity index (χ4n) is 0.752. The van der Waals surface area contributed by atoms with E-state index in [2.05, 4.69) is 32.7 Å². The molecule has 0 aromatic rings. The summed E-state index contributed by atoms with van der Waals surface area (Å²) >= 11 is 0. The van der Waals surface area contributed by atoms with Crippen LogP contribution in [0.2, 0.25) is 0 Å². The van der Waals surface area contributed by atoms with Gasteiger partial charge in [0.05, 0.1) is 0 Å². The minimum Gasteiger partial charge on any atom is -0.306 e. The second-order valence-corrected chi connectivity index (χ2v) is 2.75. The summed E-state index contributed by atoms with van der Waals surface area (Å²) < 4.78 is 0. The van der Waals surface area contributed by atoms with Crippen molar-refractivity contribution in [1.29, 1.82) is 0 Å². The van der Waals surface area contributed by atoms with Crippen LogP contribution in [0.5, 0.6) is 0 Å². The summed E-state index contributed by atoms with van der Waals surface area (Å²) in [6.45, 7) is 13.1. The van der Waals surface area contributed by atoms with Gasteiger partial charge in [0.25, 0.3) is 0 Å². The van der Waals surface area contributed by atoms with Gasteiger partial charge in [-0.2, -0.15) is 0 Å². The van der Waals surface area contributed by atoms with E-state index in [1.165, 1.54) is 6.54 Å². The molecule has 0 heterocycles. The summed E-state index contributed by atoms with van der Waals surface area (Å²) in [5.74, 6) is 0.806. The van der Waals surface area contributed by atoms with Crippen LogP contribution in [0.25, 0.3) is 0 Å². The second-order valence-electron chi connectivity index (χ2n) is 2.75. The molecule has 0 bridgehead atoms. The Labute approximate surface area is 66.4 Å². The van der Waals surface area contributed by atoms with E-state index in [9.17, 15) is 0 Å². The van der Waals surface area contributed by atoms with Gasteiger partial charge < -0.3 is 4.90 Å². The smallest absolute Gasteiger partial charge is 0.000122 e. The summed E-state index contributed by atoms with van der Waals surface area (Å²) in [7, 11) is 2.15. The molecule has 0 aliphatic rings. The van der Waals surface area contributed by atoms with Crippen molar-refractivity contribution in [1.82, 2.24) is 4.90 Å². The maximum absolute atomic E-state index is 2.32. The van der Waals surface area contributed by atoms with Crippen LogP contribution in [-0.2, 0) is 0 Å². The number of hydrogen-bond acceptors (Lipinski definition) is 1. The normalized spacial score (nSPS) is 9.60. The molecule has 0 atom stereocenters. The van der Waals surface area contributed by atoms with Crippen molar-refractivity contribution in [3.05, 3.63) is 0 Å². The molecule has 0 saturated heterocycles. The van der Waals surface area contributed by atoms with Crippen LogP contribution in [0.3, 0.4) is 0 Å². The molecular weight excluding hydrogens is 122 g/mol. The predicted octanol–water partition coefficient (Wildman–Crippen LogP) is 2.62. The maximum Gasteiger partial charge on any atom is 0.000122 e. The number of rotatable bonds is 3. The van der Waals surface area contributed by atoms with Crippen molar-refractivity contribution in [3.63, 3.8) is 0 Å². The molecule has 0 aliphatic heterocycles. The van der Waals surface area contributed by atoms with Gasteiger partial charge in [-0.05, 0) is 19.5 Å². The Bertz CT molecular complexity index is 50.7. The quantitative estimate of drug-likeness (QED) is 0.590. The molecule has 10 heavy (non-hydrogen) atoms. The zero-order valence-corrected chi connectivity index (χ0v) is 8.44. The molecule has 0 aromatic heterocycles. The van der Waals surface area contributed by atoms with E-state index in [0.29, 0.717) is 0 Å². The third-order valence-corrected chi connectivity index (χ3v) is 1.22. The second kappa shape index (κ2) is 8.96. The van der Waals surface area contributed by atoms with Gasteiger partial charge >= 0.3 is 0 Å². The summed E-state index contributed by atoms with van der Waals surface area (Å²) in [6, 6.07) is 0.